The molecule has 0 saturated carbocycles. The highest BCUT2D eigenvalue weighted by molar-refractivity contribution is 7.17. The first-order valence-electron chi connectivity index (χ1n) is 9.36. The molecule has 4 rings (SSSR count). The largest absolute Gasteiger partial charge is 0.497 e. The standard InChI is InChI=1S/C23H23N3OS/c1-5-16-8-6-7-14(2)21(16)26-22-20-19(13-28-23(20)25-15(3)24-22)17-9-11-18(27-4)12-10-17/h6-13H,5H2,1-4H3,(H,24,25,26). The van der Waals surface area contributed by atoms with Crippen LogP contribution in [0.2, 0.25) is 0 Å². The zero-order chi connectivity index (χ0) is 19.7. The van der Waals surface area contributed by atoms with Crippen LogP contribution in [0.25, 0.3) is 21.3 Å². The Labute approximate surface area is 169 Å². The Morgan fingerprint density at radius 3 is 2.54 bits per heavy atom. The lowest BCUT2D eigenvalue weighted by atomic mass is 10.0. The molecule has 1 N–H and O–H groups in total. The third-order valence-electron chi connectivity index (χ3n) is 4.93. The third kappa shape index (κ3) is 3.34. The predicted octanol–water partition coefficient (Wildman–Crippen LogP) is 6.29. The molecule has 4 nitrogen and oxygen atoms in total. The normalized spacial score (nSPS) is 11.0. The van der Waals surface area contributed by atoms with E-state index in [1.165, 1.54) is 11.1 Å². The maximum atomic E-state index is 5.30. The number of para-hydroxylation sites is 1. The van der Waals surface area contributed by atoms with Gasteiger partial charge in [0.05, 0.1) is 12.5 Å². The molecule has 4 aromatic rings. The highest BCUT2D eigenvalue weighted by Gasteiger charge is 2.16. The third-order valence-corrected chi connectivity index (χ3v) is 5.80. The summed E-state index contributed by atoms with van der Waals surface area (Å²) < 4.78 is 5.30. The van der Waals surface area contributed by atoms with Crippen LogP contribution in [-0.4, -0.2) is 17.1 Å². The van der Waals surface area contributed by atoms with Gasteiger partial charge in [0.1, 0.15) is 22.2 Å². The number of fused-ring (bicyclic) bond motifs is 1. The number of rotatable bonds is 5. The lowest BCUT2D eigenvalue weighted by Crippen LogP contribution is -2.02. The minimum absolute atomic E-state index is 0.768. The number of aromatic nitrogens is 2. The number of nitrogens with one attached hydrogen (secondary N) is 1. The highest BCUT2D eigenvalue weighted by atomic mass is 32.1. The second-order valence-corrected chi connectivity index (χ2v) is 7.62. The van der Waals surface area contributed by atoms with Crippen molar-refractivity contribution in [2.24, 2.45) is 0 Å². The van der Waals surface area contributed by atoms with Crippen molar-refractivity contribution in [3.8, 4) is 16.9 Å². The maximum Gasteiger partial charge on any atom is 0.143 e. The quantitative estimate of drug-likeness (QED) is 0.436. The molecule has 28 heavy (non-hydrogen) atoms. The molecule has 0 atom stereocenters. The molecule has 0 fully saturated rings. The summed E-state index contributed by atoms with van der Waals surface area (Å²) in [5, 5.41) is 6.84. The Morgan fingerprint density at radius 1 is 1.04 bits per heavy atom. The molecule has 2 aromatic heterocycles. The summed E-state index contributed by atoms with van der Waals surface area (Å²) in [4.78, 5) is 10.4. The first-order valence-corrected chi connectivity index (χ1v) is 10.2. The SMILES string of the molecule is CCc1cccc(C)c1Nc1nc(C)nc2scc(-c3ccc(OC)cc3)c12. The van der Waals surface area contributed by atoms with Gasteiger partial charge in [0.15, 0.2) is 0 Å². The summed E-state index contributed by atoms with van der Waals surface area (Å²) >= 11 is 1.65. The first kappa shape index (κ1) is 18.4. The van der Waals surface area contributed by atoms with E-state index in [2.05, 4.69) is 59.9 Å². The smallest absolute Gasteiger partial charge is 0.143 e. The van der Waals surface area contributed by atoms with Gasteiger partial charge >= 0.3 is 0 Å². The van der Waals surface area contributed by atoms with Crippen molar-refractivity contribution in [3.63, 3.8) is 0 Å². The van der Waals surface area contributed by atoms with Crippen LogP contribution in [0.1, 0.15) is 23.9 Å². The molecule has 0 saturated heterocycles. The molecule has 142 valence electrons. The van der Waals surface area contributed by atoms with Gasteiger partial charge in [-0.2, -0.15) is 0 Å². The fourth-order valence-electron chi connectivity index (χ4n) is 3.44. The van der Waals surface area contributed by atoms with Crippen LogP contribution in [0.5, 0.6) is 5.75 Å². The second kappa shape index (κ2) is 7.60. The lowest BCUT2D eigenvalue weighted by Gasteiger charge is -2.15. The number of nitrogens with zero attached hydrogens (tertiary/aromatic N) is 2. The Balaban J connectivity index is 1.88. The van der Waals surface area contributed by atoms with E-state index < -0.39 is 0 Å². The minimum atomic E-state index is 0.768. The molecule has 0 spiro atoms. The summed E-state index contributed by atoms with van der Waals surface area (Å²) in [6.45, 7) is 6.24. The van der Waals surface area contributed by atoms with Crippen LogP contribution >= 0.6 is 11.3 Å². The van der Waals surface area contributed by atoms with E-state index >= 15 is 0 Å². The first-order chi connectivity index (χ1) is 13.6. The fraction of sp³-hybridized carbons (Fsp3) is 0.217. The van der Waals surface area contributed by atoms with Crippen LogP contribution in [0.15, 0.2) is 47.8 Å². The summed E-state index contributed by atoms with van der Waals surface area (Å²) in [7, 11) is 1.68. The number of thiophene rings is 1. The lowest BCUT2D eigenvalue weighted by molar-refractivity contribution is 0.415. The van der Waals surface area contributed by atoms with E-state index in [1.807, 2.05) is 19.1 Å². The molecule has 0 radical (unpaired) electrons. The maximum absolute atomic E-state index is 5.30. The van der Waals surface area contributed by atoms with Crippen molar-refractivity contribution in [2.45, 2.75) is 27.2 Å². The average molecular weight is 390 g/mol. The number of hydrogen-bond acceptors (Lipinski definition) is 5. The number of hydrogen-bond donors (Lipinski definition) is 1. The summed E-state index contributed by atoms with van der Waals surface area (Å²) in [5.41, 5.74) is 5.90. The minimum Gasteiger partial charge on any atom is -0.497 e. The van der Waals surface area contributed by atoms with Crippen molar-refractivity contribution < 1.29 is 4.74 Å². The molecule has 0 amide bonds. The Morgan fingerprint density at radius 2 is 1.82 bits per heavy atom. The molecule has 0 aliphatic heterocycles. The number of anilines is 2. The van der Waals surface area contributed by atoms with E-state index in [4.69, 9.17) is 9.72 Å². The topological polar surface area (TPSA) is 47.0 Å². The van der Waals surface area contributed by atoms with Crippen LogP contribution in [-0.2, 0) is 6.42 Å². The van der Waals surface area contributed by atoms with Gasteiger partial charge in [-0.25, -0.2) is 9.97 Å². The molecule has 2 aromatic carbocycles. The molecular formula is C23H23N3OS. The monoisotopic (exact) mass is 389 g/mol. The average Bonchev–Trinajstić information content (AvgIpc) is 3.13. The van der Waals surface area contributed by atoms with Crippen molar-refractivity contribution in [3.05, 3.63) is 64.8 Å². The van der Waals surface area contributed by atoms with Crippen molar-refractivity contribution in [1.29, 1.82) is 0 Å². The van der Waals surface area contributed by atoms with E-state index in [9.17, 15) is 0 Å². The number of methoxy groups -OCH3 is 1. The predicted molar refractivity (Wildman–Crippen MR) is 118 cm³/mol. The molecule has 0 aliphatic carbocycles. The van der Waals surface area contributed by atoms with E-state index in [1.54, 1.807) is 18.4 Å². The summed E-state index contributed by atoms with van der Waals surface area (Å²) in [6.07, 6.45) is 0.964. The molecule has 0 unspecified atom stereocenters. The van der Waals surface area contributed by atoms with Gasteiger partial charge in [0.25, 0.3) is 0 Å². The van der Waals surface area contributed by atoms with Gasteiger partial charge in [0.2, 0.25) is 0 Å². The van der Waals surface area contributed by atoms with Crippen molar-refractivity contribution >= 4 is 33.1 Å². The Hall–Kier alpha value is -2.92. The second-order valence-electron chi connectivity index (χ2n) is 6.77. The summed E-state index contributed by atoms with van der Waals surface area (Å²) in [6, 6.07) is 14.5. The zero-order valence-electron chi connectivity index (χ0n) is 16.5. The number of aryl methyl sites for hydroxylation is 3. The van der Waals surface area contributed by atoms with Gasteiger partial charge < -0.3 is 10.1 Å². The molecule has 0 bridgehead atoms. The molecule has 0 aliphatic rings. The molecular weight excluding hydrogens is 366 g/mol. The van der Waals surface area contributed by atoms with Crippen LogP contribution in [0.3, 0.4) is 0 Å². The van der Waals surface area contributed by atoms with E-state index in [0.717, 1.165) is 50.8 Å². The molecule has 5 heteroatoms. The van der Waals surface area contributed by atoms with Crippen LogP contribution in [0.4, 0.5) is 11.5 Å². The number of ether oxygens (including phenoxy) is 1. The molecule has 2 heterocycles. The van der Waals surface area contributed by atoms with Gasteiger partial charge in [-0.1, -0.05) is 37.3 Å². The van der Waals surface area contributed by atoms with Gasteiger partial charge in [-0.3, -0.25) is 0 Å². The fourth-order valence-corrected chi connectivity index (χ4v) is 4.44. The van der Waals surface area contributed by atoms with E-state index in [0.29, 0.717) is 0 Å². The van der Waals surface area contributed by atoms with Gasteiger partial charge in [0, 0.05) is 16.6 Å². The van der Waals surface area contributed by atoms with Gasteiger partial charge in [-0.05, 0) is 49.1 Å². The van der Waals surface area contributed by atoms with Crippen LogP contribution < -0.4 is 10.1 Å². The van der Waals surface area contributed by atoms with E-state index in [-0.39, 0.29) is 0 Å². The Kier molecular flexibility index (Phi) is 5.01. The Bertz CT molecular complexity index is 1130. The van der Waals surface area contributed by atoms with Gasteiger partial charge in [-0.15, -0.1) is 11.3 Å². The zero-order valence-corrected chi connectivity index (χ0v) is 17.4. The van der Waals surface area contributed by atoms with Crippen molar-refractivity contribution in [2.75, 3.05) is 12.4 Å². The van der Waals surface area contributed by atoms with Crippen LogP contribution in [0, 0.1) is 13.8 Å². The summed E-state index contributed by atoms with van der Waals surface area (Å²) in [5.74, 6) is 2.48. The van der Waals surface area contributed by atoms with Crippen molar-refractivity contribution in [1.82, 2.24) is 9.97 Å². The highest BCUT2D eigenvalue weighted by Crippen LogP contribution is 2.39. The number of benzene rings is 2.